The van der Waals surface area contributed by atoms with Gasteiger partial charge in [-0.3, -0.25) is 0 Å². The molecule has 196 valence electrons. The van der Waals surface area contributed by atoms with Crippen molar-refractivity contribution in [2.24, 2.45) is 0 Å². The molecule has 0 saturated heterocycles. The molecule has 0 aliphatic heterocycles. The molecule has 0 radical (unpaired) electrons. The Labute approximate surface area is 230 Å². The van der Waals surface area contributed by atoms with Gasteiger partial charge in [0.05, 0.1) is 0 Å². The third-order valence-electron chi connectivity index (χ3n) is 9.30. The van der Waals surface area contributed by atoms with Crippen LogP contribution in [0.4, 0.5) is 17.1 Å². The van der Waals surface area contributed by atoms with E-state index in [1.54, 1.807) is 0 Å². The quantitative estimate of drug-likeness (QED) is 0.336. The number of anilines is 3. The molecule has 37 heavy (non-hydrogen) atoms. The van der Waals surface area contributed by atoms with Crippen LogP contribution in [0.2, 0.25) is 5.02 Å². The number of rotatable bonds is 3. The second-order valence-corrected chi connectivity index (χ2v) is 14.9. The highest BCUT2D eigenvalue weighted by Gasteiger charge is 2.42. The van der Waals surface area contributed by atoms with Gasteiger partial charge >= 0.3 is 0 Å². The van der Waals surface area contributed by atoms with Crippen LogP contribution < -0.4 is 4.90 Å². The zero-order chi connectivity index (χ0) is 27.1. The lowest BCUT2D eigenvalue weighted by Gasteiger charge is -2.43. The molecule has 3 aromatic carbocycles. The number of benzene rings is 3. The topological polar surface area (TPSA) is 3.24 Å². The molecule has 5 rings (SSSR count). The summed E-state index contributed by atoms with van der Waals surface area (Å²) in [4.78, 5) is 2.45. The van der Waals surface area contributed by atoms with Crippen molar-refractivity contribution in [2.75, 3.05) is 4.90 Å². The zero-order valence-corrected chi connectivity index (χ0v) is 25.3. The van der Waals surface area contributed by atoms with Crippen molar-refractivity contribution in [3.8, 4) is 0 Å². The van der Waals surface area contributed by atoms with Crippen molar-refractivity contribution < 1.29 is 0 Å². The lowest BCUT2D eigenvalue weighted by molar-refractivity contribution is 0.332. The zero-order valence-electron chi connectivity index (χ0n) is 24.6. The summed E-state index contributed by atoms with van der Waals surface area (Å²) in [6, 6.07) is 18.5. The van der Waals surface area contributed by atoms with E-state index in [-0.39, 0.29) is 21.7 Å². The Bertz CT molecular complexity index is 1370. The third kappa shape index (κ3) is 4.42. The minimum atomic E-state index is 0.141. The van der Waals surface area contributed by atoms with E-state index in [0.29, 0.717) is 0 Å². The van der Waals surface area contributed by atoms with Crippen LogP contribution in [0.1, 0.15) is 108 Å². The van der Waals surface area contributed by atoms with Gasteiger partial charge in [0.1, 0.15) is 0 Å². The first-order valence-electron chi connectivity index (χ1n) is 13.9. The first kappa shape index (κ1) is 26.4. The van der Waals surface area contributed by atoms with E-state index in [4.69, 9.17) is 11.6 Å². The lowest BCUT2D eigenvalue weighted by Crippen LogP contribution is -2.34. The largest absolute Gasteiger partial charge is 0.310 e. The number of hydrogen-bond acceptors (Lipinski definition) is 1. The monoisotopic (exact) mass is 513 g/mol. The van der Waals surface area contributed by atoms with Crippen molar-refractivity contribution in [1.29, 1.82) is 0 Å². The fourth-order valence-electron chi connectivity index (χ4n) is 7.34. The third-order valence-corrected chi connectivity index (χ3v) is 9.52. The van der Waals surface area contributed by atoms with E-state index in [0.717, 1.165) is 17.1 Å². The summed E-state index contributed by atoms with van der Waals surface area (Å²) in [5, 5.41) is 0.777. The molecule has 2 heteroatoms. The highest BCUT2D eigenvalue weighted by Crippen LogP contribution is 2.53. The van der Waals surface area contributed by atoms with Gasteiger partial charge in [-0.15, -0.1) is 0 Å². The van der Waals surface area contributed by atoms with E-state index in [2.05, 4.69) is 117 Å². The van der Waals surface area contributed by atoms with Crippen molar-refractivity contribution in [3.05, 3.63) is 86.9 Å². The molecule has 2 aliphatic rings. The lowest BCUT2D eigenvalue weighted by atomic mass is 9.63. The average Bonchev–Trinajstić information content (AvgIpc) is 2.95. The van der Waals surface area contributed by atoms with Gasteiger partial charge in [-0.1, -0.05) is 79.1 Å². The number of hydrogen-bond donors (Lipinski definition) is 0. The second kappa shape index (κ2) is 8.37. The summed E-state index contributed by atoms with van der Waals surface area (Å²) < 4.78 is 0. The van der Waals surface area contributed by atoms with Gasteiger partial charge < -0.3 is 4.90 Å². The van der Waals surface area contributed by atoms with E-state index in [1.807, 2.05) is 6.07 Å². The van der Waals surface area contributed by atoms with Crippen LogP contribution >= 0.6 is 11.6 Å². The van der Waals surface area contributed by atoms with Crippen molar-refractivity contribution in [2.45, 2.75) is 110 Å². The molecule has 0 spiro atoms. The molecule has 0 heterocycles. The maximum Gasteiger partial charge on any atom is 0.0493 e. The number of nitrogens with zero attached hydrogens (tertiary/aromatic N) is 1. The normalized spacial score (nSPS) is 20.3. The molecule has 0 N–H and O–H groups in total. The molecule has 0 atom stereocenters. The van der Waals surface area contributed by atoms with Crippen LogP contribution in [-0.4, -0.2) is 0 Å². The van der Waals surface area contributed by atoms with Crippen LogP contribution in [0.5, 0.6) is 0 Å². The van der Waals surface area contributed by atoms with Gasteiger partial charge in [0.15, 0.2) is 0 Å². The molecular formula is C35H44ClN. The molecule has 0 amide bonds. The maximum atomic E-state index is 6.66. The first-order chi connectivity index (χ1) is 17.0. The SMILES string of the molecule is Cc1cc(Cl)cc(N(c2ccc3c(c2)C(C)(C)CC3(C)C)c2cc3c(cc2C)C(C)(C)CCC3(C)C)c1. The Morgan fingerprint density at radius 2 is 1.16 bits per heavy atom. The Kier molecular flexibility index (Phi) is 5.97. The highest BCUT2D eigenvalue weighted by molar-refractivity contribution is 6.31. The molecule has 0 fully saturated rings. The average molecular weight is 514 g/mol. The number of aryl methyl sites for hydroxylation is 2. The molecule has 0 aromatic heterocycles. The molecule has 0 unspecified atom stereocenters. The molecule has 1 nitrogen and oxygen atoms in total. The predicted octanol–water partition coefficient (Wildman–Crippen LogP) is 10.7. The van der Waals surface area contributed by atoms with Gasteiger partial charge in [-0.25, -0.2) is 0 Å². The van der Waals surface area contributed by atoms with Crippen LogP contribution in [0.15, 0.2) is 48.5 Å². The molecular weight excluding hydrogens is 470 g/mol. The summed E-state index contributed by atoms with van der Waals surface area (Å²) in [6.45, 7) is 23.6. The highest BCUT2D eigenvalue weighted by atomic mass is 35.5. The smallest absolute Gasteiger partial charge is 0.0493 e. The predicted molar refractivity (Wildman–Crippen MR) is 162 cm³/mol. The van der Waals surface area contributed by atoms with Gasteiger partial charge in [-0.05, 0) is 125 Å². The van der Waals surface area contributed by atoms with E-state index < -0.39 is 0 Å². The van der Waals surface area contributed by atoms with E-state index in [1.165, 1.54) is 57.6 Å². The van der Waals surface area contributed by atoms with E-state index in [9.17, 15) is 0 Å². The van der Waals surface area contributed by atoms with Crippen LogP contribution in [0, 0.1) is 13.8 Å². The second-order valence-electron chi connectivity index (χ2n) is 14.4. The Morgan fingerprint density at radius 3 is 1.78 bits per heavy atom. The van der Waals surface area contributed by atoms with Crippen LogP contribution in [0.3, 0.4) is 0 Å². The van der Waals surface area contributed by atoms with Crippen molar-refractivity contribution >= 4 is 28.7 Å². The van der Waals surface area contributed by atoms with Crippen molar-refractivity contribution in [3.63, 3.8) is 0 Å². The Balaban J connectivity index is 1.78. The Hall–Kier alpha value is -2.25. The van der Waals surface area contributed by atoms with Crippen molar-refractivity contribution in [1.82, 2.24) is 0 Å². The minimum absolute atomic E-state index is 0.141. The van der Waals surface area contributed by atoms with Crippen LogP contribution in [0.25, 0.3) is 0 Å². The fourth-order valence-corrected chi connectivity index (χ4v) is 7.63. The standard InChI is InChI=1S/C35H44ClN/c1-22-15-24(36)18-26(16-22)37(25-11-12-27-29(19-25)35(9,10)21-34(27,7)8)31-20-30-28(17-23(31)2)32(3,4)13-14-33(30,5)6/h11-12,15-20H,13-14,21H2,1-10H3. The van der Waals surface area contributed by atoms with Gasteiger partial charge in [0.25, 0.3) is 0 Å². The number of fused-ring (bicyclic) bond motifs is 2. The van der Waals surface area contributed by atoms with Gasteiger partial charge in [0, 0.05) is 22.1 Å². The summed E-state index contributed by atoms with van der Waals surface area (Å²) in [5.74, 6) is 0. The molecule has 3 aromatic rings. The van der Waals surface area contributed by atoms with Gasteiger partial charge in [0.2, 0.25) is 0 Å². The summed E-state index contributed by atoms with van der Waals surface area (Å²) >= 11 is 6.66. The first-order valence-corrected chi connectivity index (χ1v) is 14.3. The maximum absolute atomic E-state index is 6.66. The molecule has 0 bridgehead atoms. The summed E-state index contributed by atoms with van der Waals surface area (Å²) in [5.41, 5.74) is 12.7. The summed E-state index contributed by atoms with van der Waals surface area (Å²) in [7, 11) is 0. The van der Waals surface area contributed by atoms with Gasteiger partial charge in [-0.2, -0.15) is 0 Å². The molecule has 2 aliphatic carbocycles. The van der Waals surface area contributed by atoms with E-state index >= 15 is 0 Å². The Morgan fingerprint density at radius 1 is 0.595 bits per heavy atom. The molecule has 0 saturated carbocycles. The fraction of sp³-hybridized carbons (Fsp3) is 0.486. The number of halogens is 1. The van der Waals surface area contributed by atoms with Crippen LogP contribution in [-0.2, 0) is 21.7 Å². The summed E-state index contributed by atoms with van der Waals surface area (Å²) in [6.07, 6.45) is 3.59. The minimum Gasteiger partial charge on any atom is -0.310 e.